The smallest absolute Gasteiger partial charge is 0.119 e. The highest BCUT2D eigenvalue weighted by molar-refractivity contribution is 5.30. The van der Waals surface area contributed by atoms with Crippen LogP contribution in [0.2, 0.25) is 0 Å². The summed E-state index contributed by atoms with van der Waals surface area (Å²) in [6.07, 6.45) is 13.9. The molecule has 1 aromatic rings. The fourth-order valence-corrected chi connectivity index (χ4v) is 2.99. The molecule has 20 heavy (non-hydrogen) atoms. The van der Waals surface area contributed by atoms with Crippen molar-refractivity contribution in [2.75, 3.05) is 6.61 Å². The Morgan fingerprint density at radius 3 is 2.30 bits per heavy atom. The fourth-order valence-electron chi connectivity index (χ4n) is 2.99. The summed E-state index contributed by atoms with van der Waals surface area (Å²) in [5.74, 6) is 2.51. The van der Waals surface area contributed by atoms with Gasteiger partial charge in [-0.05, 0) is 69.1 Å². The van der Waals surface area contributed by atoms with E-state index in [1.54, 1.807) is 0 Å². The van der Waals surface area contributed by atoms with Crippen LogP contribution in [0.25, 0.3) is 0 Å². The van der Waals surface area contributed by atoms with E-state index >= 15 is 0 Å². The zero-order valence-corrected chi connectivity index (χ0v) is 12.7. The second-order valence-electron chi connectivity index (χ2n) is 5.59. The van der Waals surface area contributed by atoms with Gasteiger partial charge in [0.15, 0.2) is 0 Å². The average molecular weight is 270 g/mol. The van der Waals surface area contributed by atoms with Gasteiger partial charge in [-0.1, -0.05) is 36.4 Å². The van der Waals surface area contributed by atoms with Crippen LogP contribution in [0, 0.1) is 5.92 Å². The normalized spacial score (nSPS) is 23.5. The molecule has 1 saturated carbocycles. The summed E-state index contributed by atoms with van der Waals surface area (Å²) in [6, 6.07) is 8.70. The van der Waals surface area contributed by atoms with Crippen LogP contribution >= 0.6 is 0 Å². The van der Waals surface area contributed by atoms with Gasteiger partial charge in [0.05, 0.1) is 0 Å². The maximum absolute atomic E-state index is 5.64. The minimum atomic E-state index is 0.657. The van der Waals surface area contributed by atoms with Gasteiger partial charge in [0.2, 0.25) is 0 Å². The fraction of sp³-hybridized carbons (Fsp3) is 0.474. The van der Waals surface area contributed by atoms with E-state index in [-0.39, 0.29) is 0 Å². The van der Waals surface area contributed by atoms with Crippen LogP contribution in [0.3, 0.4) is 0 Å². The largest absolute Gasteiger partial charge is 0.490 e. The summed E-state index contributed by atoms with van der Waals surface area (Å²) in [7, 11) is 0. The van der Waals surface area contributed by atoms with E-state index in [2.05, 4.69) is 43.3 Å². The summed E-state index contributed by atoms with van der Waals surface area (Å²) < 4.78 is 5.64. The van der Waals surface area contributed by atoms with E-state index in [4.69, 9.17) is 4.74 Å². The van der Waals surface area contributed by atoms with E-state index in [9.17, 15) is 0 Å². The van der Waals surface area contributed by atoms with Gasteiger partial charge in [-0.2, -0.15) is 0 Å². The van der Waals surface area contributed by atoms with Crippen LogP contribution in [0.5, 0.6) is 5.75 Å². The van der Waals surface area contributed by atoms with E-state index in [1.807, 2.05) is 19.1 Å². The zero-order chi connectivity index (χ0) is 14.2. The SMILES string of the molecule is CC=CCOc1ccc(C2CCC(C=CC)CC2)cc1. The van der Waals surface area contributed by atoms with Crippen molar-refractivity contribution < 1.29 is 4.74 Å². The minimum Gasteiger partial charge on any atom is -0.490 e. The lowest BCUT2D eigenvalue weighted by Crippen LogP contribution is -2.11. The second-order valence-corrected chi connectivity index (χ2v) is 5.59. The van der Waals surface area contributed by atoms with Crippen molar-refractivity contribution in [2.45, 2.75) is 45.4 Å². The van der Waals surface area contributed by atoms with Crippen molar-refractivity contribution in [3.05, 3.63) is 54.1 Å². The second kappa shape index (κ2) is 7.94. The molecule has 0 aliphatic heterocycles. The molecule has 2 rings (SSSR count). The number of rotatable bonds is 5. The molecular weight excluding hydrogens is 244 g/mol. The van der Waals surface area contributed by atoms with Gasteiger partial charge in [0.25, 0.3) is 0 Å². The van der Waals surface area contributed by atoms with E-state index in [0.29, 0.717) is 6.61 Å². The molecule has 1 aliphatic rings. The molecule has 1 nitrogen and oxygen atoms in total. The van der Waals surface area contributed by atoms with Gasteiger partial charge in [-0.3, -0.25) is 0 Å². The van der Waals surface area contributed by atoms with Crippen LogP contribution in [0.15, 0.2) is 48.6 Å². The third kappa shape index (κ3) is 4.26. The maximum Gasteiger partial charge on any atom is 0.119 e. The van der Waals surface area contributed by atoms with Gasteiger partial charge < -0.3 is 4.74 Å². The van der Waals surface area contributed by atoms with E-state index in [0.717, 1.165) is 17.6 Å². The van der Waals surface area contributed by atoms with Gasteiger partial charge >= 0.3 is 0 Å². The van der Waals surface area contributed by atoms with E-state index in [1.165, 1.54) is 31.2 Å². The lowest BCUT2D eigenvalue weighted by molar-refractivity contribution is 0.360. The summed E-state index contributed by atoms with van der Waals surface area (Å²) in [5.41, 5.74) is 1.47. The molecule has 0 amide bonds. The molecule has 0 aromatic heterocycles. The molecule has 1 aromatic carbocycles. The Kier molecular flexibility index (Phi) is 5.91. The van der Waals surface area contributed by atoms with Crippen molar-refractivity contribution in [1.29, 1.82) is 0 Å². The van der Waals surface area contributed by atoms with Crippen molar-refractivity contribution in [3.63, 3.8) is 0 Å². The predicted octanol–water partition coefficient (Wildman–Crippen LogP) is 5.49. The Morgan fingerprint density at radius 1 is 1.00 bits per heavy atom. The molecule has 0 radical (unpaired) electrons. The van der Waals surface area contributed by atoms with Crippen molar-refractivity contribution in [3.8, 4) is 5.75 Å². The molecule has 0 atom stereocenters. The third-order valence-electron chi connectivity index (χ3n) is 4.17. The molecule has 0 unspecified atom stereocenters. The number of ether oxygens (including phenoxy) is 1. The summed E-state index contributed by atoms with van der Waals surface area (Å²) in [5, 5.41) is 0. The highest BCUT2D eigenvalue weighted by Crippen LogP contribution is 2.36. The van der Waals surface area contributed by atoms with Gasteiger partial charge in [-0.25, -0.2) is 0 Å². The Balaban J connectivity index is 1.87. The van der Waals surface area contributed by atoms with Crippen LogP contribution in [0.4, 0.5) is 0 Å². The topological polar surface area (TPSA) is 9.23 Å². The number of benzene rings is 1. The summed E-state index contributed by atoms with van der Waals surface area (Å²) in [4.78, 5) is 0. The molecule has 0 spiro atoms. The van der Waals surface area contributed by atoms with Crippen LogP contribution in [-0.2, 0) is 0 Å². The minimum absolute atomic E-state index is 0.657. The van der Waals surface area contributed by atoms with Crippen molar-refractivity contribution in [2.24, 2.45) is 5.92 Å². The quantitative estimate of drug-likeness (QED) is 0.643. The summed E-state index contributed by atoms with van der Waals surface area (Å²) >= 11 is 0. The van der Waals surface area contributed by atoms with Crippen LogP contribution in [0.1, 0.15) is 51.0 Å². The first-order chi connectivity index (χ1) is 9.83. The molecule has 1 heteroatoms. The highest BCUT2D eigenvalue weighted by atomic mass is 16.5. The van der Waals surface area contributed by atoms with Gasteiger partial charge in [0.1, 0.15) is 12.4 Å². The Hall–Kier alpha value is -1.50. The predicted molar refractivity (Wildman–Crippen MR) is 86.3 cm³/mol. The van der Waals surface area contributed by atoms with Crippen LogP contribution < -0.4 is 4.74 Å². The monoisotopic (exact) mass is 270 g/mol. The average Bonchev–Trinajstić information content (AvgIpc) is 2.49. The standard InChI is InChI=1S/C19H26O/c1-3-5-15-20-19-13-11-18(12-14-19)17-9-7-16(6-4-2)8-10-17/h3-6,11-14,16-17H,7-10,15H2,1-2H3. The maximum atomic E-state index is 5.64. The Bertz CT molecular complexity index is 433. The Labute approximate surface area is 123 Å². The first-order valence-electron chi connectivity index (χ1n) is 7.80. The molecule has 1 fully saturated rings. The first kappa shape index (κ1) is 14.9. The molecule has 0 bridgehead atoms. The van der Waals surface area contributed by atoms with E-state index < -0.39 is 0 Å². The Morgan fingerprint density at radius 2 is 1.70 bits per heavy atom. The van der Waals surface area contributed by atoms with Gasteiger partial charge in [0, 0.05) is 0 Å². The third-order valence-corrected chi connectivity index (χ3v) is 4.17. The van der Waals surface area contributed by atoms with Crippen molar-refractivity contribution >= 4 is 0 Å². The zero-order valence-electron chi connectivity index (χ0n) is 12.7. The lowest BCUT2D eigenvalue weighted by atomic mass is 9.78. The molecule has 0 saturated heterocycles. The summed E-state index contributed by atoms with van der Waals surface area (Å²) in [6.45, 7) is 4.79. The first-order valence-corrected chi connectivity index (χ1v) is 7.80. The molecular formula is C19H26O. The number of hydrogen-bond acceptors (Lipinski definition) is 1. The number of hydrogen-bond donors (Lipinski definition) is 0. The molecule has 108 valence electrons. The molecule has 0 heterocycles. The number of allylic oxidation sites excluding steroid dienone is 3. The highest BCUT2D eigenvalue weighted by Gasteiger charge is 2.20. The van der Waals surface area contributed by atoms with Crippen LogP contribution in [-0.4, -0.2) is 6.61 Å². The van der Waals surface area contributed by atoms with Crippen molar-refractivity contribution in [1.82, 2.24) is 0 Å². The van der Waals surface area contributed by atoms with Gasteiger partial charge in [-0.15, -0.1) is 0 Å². The molecule has 0 N–H and O–H groups in total. The lowest BCUT2D eigenvalue weighted by Gasteiger charge is -2.27. The molecule has 1 aliphatic carbocycles.